The van der Waals surface area contributed by atoms with E-state index >= 15 is 0 Å². The number of likely N-dealkylation sites (tertiary alicyclic amines) is 1. The van der Waals surface area contributed by atoms with E-state index in [1.165, 1.54) is 0 Å². The summed E-state index contributed by atoms with van der Waals surface area (Å²) in [4.78, 5) is 31.8. The summed E-state index contributed by atoms with van der Waals surface area (Å²) in [5.74, 6) is -0.100. The van der Waals surface area contributed by atoms with Crippen molar-refractivity contribution in [2.45, 2.75) is 38.5 Å². The second kappa shape index (κ2) is 6.27. The molecule has 1 aromatic carbocycles. The van der Waals surface area contributed by atoms with E-state index in [-0.39, 0.29) is 29.7 Å². The first-order chi connectivity index (χ1) is 13.5. The van der Waals surface area contributed by atoms with Crippen LogP contribution in [0.2, 0.25) is 0 Å². The van der Waals surface area contributed by atoms with Gasteiger partial charge in [-0.05, 0) is 26.0 Å². The Hall–Kier alpha value is -3.00. The van der Waals surface area contributed by atoms with Crippen LogP contribution in [0, 0.1) is 0 Å². The minimum Gasteiger partial charge on any atom is -0.369 e. The van der Waals surface area contributed by atoms with Gasteiger partial charge in [0.05, 0.1) is 41.2 Å². The van der Waals surface area contributed by atoms with Gasteiger partial charge in [0.15, 0.2) is 5.69 Å². The molecule has 2 aliphatic heterocycles. The summed E-state index contributed by atoms with van der Waals surface area (Å²) in [6.07, 6.45) is 2.20. The lowest BCUT2D eigenvalue weighted by molar-refractivity contribution is -0.00709. The molecular weight excluding hydrogens is 358 g/mol. The number of para-hydroxylation sites is 1. The Morgan fingerprint density at radius 2 is 2.04 bits per heavy atom. The van der Waals surface area contributed by atoms with Crippen molar-refractivity contribution in [1.29, 1.82) is 0 Å². The maximum atomic E-state index is 12.9. The molecule has 4 heterocycles. The number of aromatic amines is 1. The second-order valence-corrected chi connectivity index (χ2v) is 7.60. The third-order valence-electron chi connectivity index (χ3n) is 5.67. The third-order valence-corrected chi connectivity index (χ3v) is 5.67. The number of nitrogens with one attached hydrogen (secondary N) is 1. The molecular formula is C20H21N5O3. The lowest BCUT2D eigenvalue weighted by Crippen LogP contribution is -2.53. The van der Waals surface area contributed by atoms with Crippen molar-refractivity contribution in [1.82, 2.24) is 24.6 Å². The summed E-state index contributed by atoms with van der Waals surface area (Å²) in [5.41, 5.74) is 2.92. The molecule has 3 aromatic rings. The molecule has 28 heavy (non-hydrogen) atoms. The molecule has 1 N–H and O–H groups in total. The highest BCUT2D eigenvalue weighted by Gasteiger charge is 2.37. The van der Waals surface area contributed by atoms with Crippen LogP contribution in [0.3, 0.4) is 0 Å². The van der Waals surface area contributed by atoms with Gasteiger partial charge in [0.25, 0.3) is 11.5 Å². The summed E-state index contributed by atoms with van der Waals surface area (Å²) in [5, 5.41) is 7.83. The van der Waals surface area contributed by atoms with Crippen LogP contribution < -0.4 is 5.56 Å². The molecule has 0 aliphatic carbocycles. The molecule has 144 valence electrons. The largest absolute Gasteiger partial charge is 0.369 e. The summed E-state index contributed by atoms with van der Waals surface area (Å²) >= 11 is 0. The number of fused-ring (bicyclic) bond motifs is 2. The standard InChI is InChI=1S/C20H21N5O3/c1-11-7-15-17(12(2)28-11)22-23-18(15)20(27)24-8-13(9-24)25-10-21-16-6-4-3-5-14(16)19(25)26/h3-6,10-13H,7-9H2,1-2H3,(H,22,23)/t11-,12+/m1/s1. The van der Waals surface area contributed by atoms with Crippen LogP contribution in [-0.4, -0.2) is 49.7 Å². The molecule has 0 spiro atoms. The van der Waals surface area contributed by atoms with Gasteiger partial charge in [-0.25, -0.2) is 4.98 Å². The maximum absolute atomic E-state index is 12.9. The molecule has 2 atom stereocenters. The Morgan fingerprint density at radius 3 is 2.86 bits per heavy atom. The van der Waals surface area contributed by atoms with E-state index in [4.69, 9.17) is 4.74 Å². The Balaban J connectivity index is 1.36. The number of hydrogen-bond acceptors (Lipinski definition) is 5. The summed E-state index contributed by atoms with van der Waals surface area (Å²) in [6, 6.07) is 7.23. The van der Waals surface area contributed by atoms with Crippen molar-refractivity contribution in [2.24, 2.45) is 0 Å². The Labute approximate surface area is 161 Å². The van der Waals surface area contributed by atoms with E-state index in [0.29, 0.717) is 36.1 Å². The molecule has 1 amide bonds. The van der Waals surface area contributed by atoms with Gasteiger partial charge in [0.1, 0.15) is 0 Å². The first-order valence-electron chi connectivity index (χ1n) is 9.50. The number of ether oxygens (including phenoxy) is 1. The van der Waals surface area contributed by atoms with Crippen LogP contribution in [0.15, 0.2) is 35.4 Å². The van der Waals surface area contributed by atoms with Crippen LogP contribution in [0.5, 0.6) is 0 Å². The van der Waals surface area contributed by atoms with Crippen molar-refractivity contribution in [3.8, 4) is 0 Å². The average molecular weight is 379 g/mol. The van der Waals surface area contributed by atoms with E-state index in [0.717, 1.165) is 11.3 Å². The molecule has 0 bridgehead atoms. The number of rotatable bonds is 2. The Bertz CT molecular complexity index is 1130. The van der Waals surface area contributed by atoms with Gasteiger partial charge in [0, 0.05) is 25.1 Å². The highest BCUT2D eigenvalue weighted by Crippen LogP contribution is 2.32. The molecule has 2 aliphatic rings. The second-order valence-electron chi connectivity index (χ2n) is 7.60. The van der Waals surface area contributed by atoms with E-state index < -0.39 is 0 Å². The third kappa shape index (κ3) is 2.56. The average Bonchev–Trinajstić information content (AvgIpc) is 3.06. The van der Waals surface area contributed by atoms with E-state index in [1.54, 1.807) is 21.9 Å². The van der Waals surface area contributed by atoms with E-state index in [9.17, 15) is 9.59 Å². The van der Waals surface area contributed by atoms with Gasteiger partial charge in [0.2, 0.25) is 0 Å². The van der Waals surface area contributed by atoms with Crippen LogP contribution in [-0.2, 0) is 11.2 Å². The maximum Gasteiger partial charge on any atom is 0.274 e. The molecule has 8 nitrogen and oxygen atoms in total. The van der Waals surface area contributed by atoms with E-state index in [2.05, 4.69) is 15.2 Å². The minimum absolute atomic E-state index is 0.0537. The van der Waals surface area contributed by atoms with Crippen molar-refractivity contribution in [3.05, 3.63) is 57.9 Å². The molecule has 0 unspecified atom stereocenters. The highest BCUT2D eigenvalue weighted by atomic mass is 16.5. The first kappa shape index (κ1) is 17.1. The highest BCUT2D eigenvalue weighted by molar-refractivity contribution is 5.94. The predicted molar refractivity (Wildman–Crippen MR) is 102 cm³/mol. The fourth-order valence-corrected chi connectivity index (χ4v) is 4.14. The molecule has 8 heteroatoms. The van der Waals surface area contributed by atoms with Gasteiger partial charge < -0.3 is 9.64 Å². The number of aromatic nitrogens is 4. The summed E-state index contributed by atoms with van der Waals surface area (Å²) in [6.45, 7) is 4.91. The summed E-state index contributed by atoms with van der Waals surface area (Å²) < 4.78 is 7.42. The van der Waals surface area contributed by atoms with Gasteiger partial charge in [-0.3, -0.25) is 19.3 Å². The van der Waals surface area contributed by atoms with Gasteiger partial charge in [-0.15, -0.1) is 0 Å². The summed E-state index contributed by atoms with van der Waals surface area (Å²) in [7, 11) is 0. The SMILES string of the molecule is C[C@@H]1Cc2c(C(=O)N3CC(n4cnc5ccccc5c4=O)C3)n[nH]c2[C@H](C)O1. The van der Waals surface area contributed by atoms with Crippen molar-refractivity contribution >= 4 is 16.8 Å². The zero-order valence-corrected chi connectivity index (χ0v) is 15.8. The van der Waals surface area contributed by atoms with Gasteiger partial charge in [-0.2, -0.15) is 5.10 Å². The van der Waals surface area contributed by atoms with Crippen LogP contribution in [0.25, 0.3) is 10.9 Å². The molecule has 2 aromatic heterocycles. The van der Waals surface area contributed by atoms with Gasteiger partial charge in [-0.1, -0.05) is 12.1 Å². The topological polar surface area (TPSA) is 93.1 Å². The number of nitrogens with zero attached hydrogens (tertiary/aromatic N) is 4. The number of H-pyrrole nitrogens is 1. The van der Waals surface area contributed by atoms with Crippen LogP contribution in [0.4, 0.5) is 0 Å². The zero-order valence-electron chi connectivity index (χ0n) is 15.8. The lowest BCUT2D eigenvalue weighted by atomic mass is 9.98. The predicted octanol–water partition coefficient (Wildman–Crippen LogP) is 1.84. The first-order valence-corrected chi connectivity index (χ1v) is 9.50. The fraction of sp³-hybridized carbons (Fsp3) is 0.400. The zero-order chi connectivity index (χ0) is 19.4. The molecule has 5 rings (SSSR count). The molecule has 0 saturated carbocycles. The van der Waals surface area contributed by atoms with Crippen molar-refractivity contribution in [2.75, 3.05) is 13.1 Å². The number of carbonyl (C=O) groups is 1. The van der Waals surface area contributed by atoms with Crippen molar-refractivity contribution < 1.29 is 9.53 Å². The lowest BCUT2D eigenvalue weighted by Gasteiger charge is -2.39. The number of benzene rings is 1. The number of carbonyl (C=O) groups excluding carboxylic acids is 1. The Morgan fingerprint density at radius 1 is 1.25 bits per heavy atom. The Kier molecular flexibility index (Phi) is 3.83. The number of amides is 1. The van der Waals surface area contributed by atoms with Crippen LogP contribution >= 0.6 is 0 Å². The quantitative estimate of drug-likeness (QED) is 0.733. The van der Waals surface area contributed by atoms with E-state index in [1.807, 2.05) is 32.0 Å². The molecule has 1 fully saturated rings. The molecule has 0 radical (unpaired) electrons. The monoisotopic (exact) mass is 379 g/mol. The van der Waals surface area contributed by atoms with Crippen LogP contribution in [0.1, 0.15) is 47.7 Å². The minimum atomic E-state index is -0.100. The normalized spacial score (nSPS) is 22.1. The molecule has 1 saturated heterocycles. The smallest absolute Gasteiger partial charge is 0.274 e. The van der Waals surface area contributed by atoms with Gasteiger partial charge >= 0.3 is 0 Å². The number of hydrogen-bond donors (Lipinski definition) is 1. The fourth-order valence-electron chi connectivity index (χ4n) is 4.14. The van der Waals surface area contributed by atoms with Crippen molar-refractivity contribution in [3.63, 3.8) is 0 Å².